The van der Waals surface area contributed by atoms with Gasteiger partial charge in [-0.25, -0.2) is 0 Å². The van der Waals surface area contributed by atoms with Gasteiger partial charge in [-0.3, -0.25) is 4.90 Å². The smallest absolute Gasteiger partial charge is 0.157 e. The standard InChI is InChI=1S/C20H29NO3/c22-20(16-6-2-1-3-7-16)14-17-9-10-18(15-20)21(17)11-13-24-19-8-4-5-12-23-19/h1-3,6-7,17-19,22H,4-5,8-15H2. The number of hydrogen-bond donors (Lipinski definition) is 1. The molecule has 0 amide bonds. The molecule has 132 valence electrons. The van der Waals surface area contributed by atoms with Crippen LogP contribution in [0.1, 0.15) is 50.5 Å². The molecule has 4 heteroatoms. The van der Waals surface area contributed by atoms with Crippen LogP contribution in [0.4, 0.5) is 0 Å². The van der Waals surface area contributed by atoms with Gasteiger partial charge in [0, 0.05) is 25.2 Å². The third-order valence-corrected chi connectivity index (χ3v) is 6.02. The molecule has 0 spiro atoms. The van der Waals surface area contributed by atoms with E-state index in [-0.39, 0.29) is 6.29 Å². The Balaban J connectivity index is 1.33. The summed E-state index contributed by atoms with van der Waals surface area (Å²) in [4.78, 5) is 2.57. The molecule has 4 nitrogen and oxygen atoms in total. The molecular formula is C20H29NO3. The summed E-state index contributed by atoms with van der Waals surface area (Å²) in [7, 11) is 0. The van der Waals surface area contributed by atoms with E-state index in [1.807, 2.05) is 18.2 Å². The lowest BCUT2D eigenvalue weighted by atomic mass is 9.80. The summed E-state index contributed by atoms with van der Waals surface area (Å²) in [5.74, 6) is 0. The molecule has 3 aliphatic rings. The predicted molar refractivity (Wildman–Crippen MR) is 92.6 cm³/mol. The van der Waals surface area contributed by atoms with Crippen LogP contribution in [0, 0.1) is 0 Å². The van der Waals surface area contributed by atoms with Crippen molar-refractivity contribution in [3.8, 4) is 0 Å². The number of piperidine rings is 1. The van der Waals surface area contributed by atoms with Crippen molar-refractivity contribution in [2.75, 3.05) is 19.8 Å². The Morgan fingerprint density at radius 2 is 1.83 bits per heavy atom. The van der Waals surface area contributed by atoms with Crippen molar-refractivity contribution in [1.82, 2.24) is 4.90 Å². The first-order chi connectivity index (χ1) is 11.7. The van der Waals surface area contributed by atoms with Gasteiger partial charge in [-0.1, -0.05) is 30.3 Å². The molecule has 4 rings (SSSR count). The van der Waals surface area contributed by atoms with Gasteiger partial charge in [0.05, 0.1) is 12.2 Å². The average Bonchev–Trinajstić information content (AvgIpc) is 2.87. The molecular weight excluding hydrogens is 302 g/mol. The Morgan fingerprint density at radius 1 is 1.08 bits per heavy atom. The molecule has 1 aromatic carbocycles. The van der Waals surface area contributed by atoms with Crippen LogP contribution >= 0.6 is 0 Å². The average molecular weight is 331 g/mol. The first-order valence-electron chi connectivity index (χ1n) is 9.51. The highest BCUT2D eigenvalue weighted by Crippen LogP contribution is 2.45. The molecule has 1 aromatic rings. The van der Waals surface area contributed by atoms with Crippen LogP contribution in [-0.2, 0) is 15.1 Å². The minimum atomic E-state index is -0.656. The number of aliphatic hydroxyl groups is 1. The minimum Gasteiger partial charge on any atom is -0.385 e. The van der Waals surface area contributed by atoms with Crippen LogP contribution in [0.15, 0.2) is 30.3 Å². The highest BCUT2D eigenvalue weighted by Gasteiger charge is 2.47. The lowest BCUT2D eigenvalue weighted by molar-refractivity contribution is -0.167. The number of ether oxygens (including phenoxy) is 2. The molecule has 0 aliphatic carbocycles. The number of fused-ring (bicyclic) bond motifs is 2. The topological polar surface area (TPSA) is 41.9 Å². The Hall–Kier alpha value is -0.940. The largest absolute Gasteiger partial charge is 0.385 e. The van der Waals surface area contributed by atoms with Crippen molar-refractivity contribution in [3.63, 3.8) is 0 Å². The summed E-state index contributed by atoms with van der Waals surface area (Å²) in [6, 6.07) is 11.2. The van der Waals surface area contributed by atoms with Crippen molar-refractivity contribution in [2.45, 2.75) is 68.9 Å². The predicted octanol–water partition coefficient (Wildman–Crippen LogP) is 3.04. The Kier molecular flexibility index (Phi) is 4.90. The number of benzene rings is 1. The number of nitrogens with zero attached hydrogens (tertiary/aromatic N) is 1. The fourth-order valence-electron chi connectivity index (χ4n) is 4.80. The molecule has 0 saturated carbocycles. The second-order valence-corrected chi connectivity index (χ2v) is 7.60. The quantitative estimate of drug-likeness (QED) is 0.900. The molecule has 3 saturated heterocycles. The first kappa shape index (κ1) is 16.5. The number of hydrogen-bond acceptors (Lipinski definition) is 4. The molecule has 0 aromatic heterocycles. The lowest BCUT2D eigenvalue weighted by Crippen LogP contribution is -2.50. The molecule has 0 radical (unpaired) electrons. The highest BCUT2D eigenvalue weighted by molar-refractivity contribution is 5.24. The highest BCUT2D eigenvalue weighted by atomic mass is 16.7. The zero-order chi connectivity index (χ0) is 16.4. The lowest BCUT2D eigenvalue weighted by Gasteiger charge is -2.44. The molecule has 3 unspecified atom stereocenters. The van der Waals surface area contributed by atoms with Crippen LogP contribution in [-0.4, -0.2) is 48.1 Å². The van der Waals surface area contributed by atoms with E-state index < -0.39 is 5.60 Å². The van der Waals surface area contributed by atoms with Crippen molar-refractivity contribution >= 4 is 0 Å². The Bertz CT molecular complexity index is 515. The van der Waals surface area contributed by atoms with Gasteiger partial charge in [-0.2, -0.15) is 0 Å². The maximum atomic E-state index is 11.2. The maximum Gasteiger partial charge on any atom is 0.157 e. The summed E-state index contributed by atoms with van der Waals surface area (Å²) < 4.78 is 11.6. The molecule has 1 N–H and O–H groups in total. The van der Waals surface area contributed by atoms with Gasteiger partial charge < -0.3 is 14.6 Å². The molecule has 3 aliphatic heterocycles. The van der Waals surface area contributed by atoms with Gasteiger partial charge in [0.2, 0.25) is 0 Å². The van der Waals surface area contributed by atoms with E-state index in [1.54, 1.807) is 0 Å². The zero-order valence-electron chi connectivity index (χ0n) is 14.4. The van der Waals surface area contributed by atoms with E-state index in [0.717, 1.165) is 51.0 Å². The molecule has 3 atom stereocenters. The summed E-state index contributed by atoms with van der Waals surface area (Å²) in [6.07, 6.45) is 7.47. The number of rotatable bonds is 5. The van der Waals surface area contributed by atoms with Gasteiger partial charge in [-0.15, -0.1) is 0 Å². The normalized spacial score (nSPS) is 36.8. The van der Waals surface area contributed by atoms with E-state index >= 15 is 0 Å². The van der Waals surface area contributed by atoms with Crippen molar-refractivity contribution in [2.24, 2.45) is 0 Å². The Morgan fingerprint density at radius 3 is 2.50 bits per heavy atom. The van der Waals surface area contributed by atoms with Crippen LogP contribution < -0.4 is 0 Å². The summed E-state index contributed by atoms with van der Waals surface area (Å²) in [5.41, 5.74) is 0.421. The van der Waals surface area contributed by atoms with E-state index in [2.05, 4.69) is 17.0 Å². The van der Waals surface area contributed by atoms with Gasteiger partial charge >= 0.3 is 0 Å². The van der Waals surface area contributed by atoms with E-state index in [4.69, 9.17) is 9.47 Å². The summed E-state index contributed by atoms with van der Waals surface area (Å²) >= 11 is 0. The van der Waals surface area contributed by atoms with Crippen LogP contribution in [0.2, 0.25) is 0 Å². The SMILES string of the molecule is OC1(c2ccccc2)CC2CCC(C1)N2CCOC1CCCCO1. The van der Waals surface area contributed by atoms with Crippen LogP contribution in [0.3, 0.4) is 0 Å². The van der Waals surface area contributed by atoms with E-state index in [0.29, 0.717) is 12.1 Å². The fraction of sp³-hybridized carbons (Fsp3) is 0.700. The van der Waals surface area contributed by atoms with Gasteiger partial charge in [0.25, 0.3) is 0 Å². The maximum absolute atomic E-state index is 11.2. The third-order valence-electron chi connectivity index (χ3n) is 6.02. The molecule has 3 fully saturated rings. The second kappa shape index (κ2) is 7.12. The molecule has 3 heterocycles. The van der Waals surface area contributed by atoms with Crippen molar-refractivity contribution in [3.05, 3.63) is 35.9 Å². The zero-order valence-corrected chi connectivity index (χ0v) is 14.4. The van der Waals surface area contributed by atoms with Crippen LogP contribution in [0.25, 0.3) is 0 Å². The van der Waals surface area contributed by atoms with Crippen molar-refractivity contribution < 1.29 is 14.6 Å². The minimum absolute atomic E-state index is 0.00226. The second-order valence-electron chi connectivity index (χ2n) is 7.60. The summed E-state index contributed by atoms with van der Waals surface area (Å²) in [5, 5.41) is 11.2. The monoisotopic (exact) mass is 331 g/mol. The van der Waals surface area contributed by atoms with Crippen LogP contribution in [0.5, 0.6) is 0 Å². The summed E-state index contributed by atoms with van der Waals surface area (Å²) in [6.45, 7) is 2.53. The van der Waals surface area contributed by atoms with E-state index in [1.165, 1.54) is 19.3 Å². The molecule has 2 bridgehead atoms. The fourth-order valence-corrected chi connectivity index (χ4v) is 4.80. The molecule has 24 heavy (non-hydrogen) atoms. The van der Waals surface area contributed by atoms with Gasteiger partial charge in [0.1, 0.15) is 0 Å². The van der Waals surface area contributed by atoms with E-state index in [9.17, 15) is 5.11 Å². The van der Waals surface area contributed by atoms with Crippen molar-refractivity contribution in [1.29, 1.82) is 0 Å². The Labute approximate surface area is 144 Å². The first-order valence-corrected chi connectivity index (χ1v) is 9.51. The third kappa shape index (κ3) is 3.38. The van der Waals surface area contributed by atoms with Gasteiger partial charge in [0.15, 0.2) is 6.29 Å². The van der Waals surface area contributed by atoms with Gasteiger partial charge in [-0.05, 0) is 50.5 Å².